The molecule has 0 aromatic carbocycles. The van der Waals surface area contributed by atoms with Crippen molar-refractivity contribution >= 4 is 7.60 Å². The molecule has 0 aliphatic rings. The van der Waals surface area contributed by atoms with Gasteiger partial charge in [0.25, 0.3) is 0 Å². The third kappa shape index (κ3) is 2.25. The molecule has 0 aliphatic carbocycles. The Morgan fingerprint density at radius 3 is 2.47 bits per heavy atom. The lowest BCUT2D eigenvalue weighted by atomic mass is 9.91. The topological polar surface area (TPSA) is 94.2 Å². The molecule has 0 bridgehead atoms. The smallest absolute Gasteiger partial charge is 0.324 e. The zero-order chi connectivity index (χ0) is 13.1. The highest BCUT2D eigenvalue weighted by Crippen LogP contribution is 2.61. The maximum absolute atomic E-state index is 11.7. The summed E-state index contributed by atoms with van der Waals surface area (Å²) >= 11 is 0. The molecule has 0 saturated heterocycles. The molecule has 0 radical (unpaired) electrons. The second-order valence-electron chi connectivity index (χ2n) is 3.79. The summed E-state index contributed by atoms with van der Waals surface area (Å²) in [5, 5.41) is 7.66. The van der Waals surface area contributed by atoms with Crippen molar-refractivity contribution in [1.82, 2.24) is 4.98 Å². The zero-order valence-electron chi connectivity index (χ0n) is 9.79. The van der Waals surface area contributed by atoms with Crippen LogP contribution in [0.1, 0.15) is 37.9 Å². The first-order valence-electron chi connectivity index (χ1n) is 5.34. The van der Waals surface area contributed by atoms with Crippen molar-refractivity contribution in [1.29, 1.82) is 5.26 Å². The largest absolute Gasteiger partial charge is 0.336 e. The van der Waals surface area contributed by atoms with Crippen LogP contribution in [0.4, 0.5) is 0 Å². The molecule has 0 saturated carbocycles. The molecule has 0 unspecified atom stereocenters. The van der Waals surface area contributed by atoms with Crippen LogP contribution in [0.5, 0.6) is 0 Å². The van der Waals surface area contributed by atoms with Gasteiger partial charge in [-0.3, -0.25) is 4.57 Å². The number of aromatic nitrogens is 1. The molecular formula is C11H15N2O3P. The molecule has 17 heavy (non-hydrogen) atoms. The number of nitrogens with zero attached hydrogens (tertiary/aromatic N) is 2. The number of rotatable bonds is 4. The molecule has 0 fully saturated rings. The maximum atomic E-state index is 11.7. The standard InChI is InChI=1S/C11H15N2O3P/c1-3-11(4-2,17(14,15)16)9-6-5-7-13-10(9)8-12/h5-7H,3-4H2,1-2H3,(H2,14,15,16). The lowest BCUT2D eigenvalue weighted by Crippen LogP contribution is -2.26. The molecular weight excluding hydrogens is 239 g/mol. The van der Waals surface area contributed by atoms with Gasteiger partial charge in [0.1, 0.15) is 11.8 Å². The van der Waals surface area contributed by atoms with Gasteiger partial charge in [0.05, 0.1) is 5.16 Å². The highest BCUT2D eigenvalue weighted by molar-refractivity contribution is 7.53. The summed E-state index contributed by atoms with van der Waals surface area (Å²) in [6, 6.07) is 5.04. The Hall–Kier alpha value is -1.21. The van der Waals surface area contributed by atoms with Gasteiger partial charge in [0.2, 0.25) is 0 Å². The molecule has 0 amide bonds. The summed E-state index contributed by atoms with van der Waals surface area (Å²) in [6.07, 6.45) is 1.96. The van der Waals surface area contributed by atoms with Crippen LogP contribution < -0.4 is 0 Å². The van der Waals surface area contributed by atoms with Gasteiger partial charge in [-0.15, -0.1) is 0 Å². The van der Waals surface area contributed by atoms with Gasteiger partial charge in [-0.2, -0.15) is 5.26 Å². The van der Waals surface area contributed by atoms with E-state index in [2.05, 4.69) is 4.98 Å². The Balaban J connectivity index is 3.55. The molecule has 1 heterocycles. The fourth-order valence-corrected chi connectivity index (χ4v) is 3.39. The average molecular weight is 254 g/mol. The number of pyridine rings is 1. The van der Waals surface area contributed by atoms with Crippen LogP contribution in [0.15, 0.2) is 18.3 Å². The lowest BCUT2D eigenvalue weighted by Gasteiger charge is -2.32. The average Bonchev–Trinajstić information content (AvgIpc) is 2.30. The van der Waals surface area contributed by atoms with Crippen molar-refractivity contribution in [3.8, 4) is 6.07 Å². The van der Waals surface area contributed by atoms with Crippen LogP contribution in [0.25, 0.3) is 0 Å². The van der Waals surface area contributed by atoms with E-state index in [0.717, 1.165) is 0 Å². The van der Waals surface area contributed by atoms with Gasteiger partial charge in [-0.05, 0) is 18.9 Å². The van der Waals surface area contributed by atoms with Crippen molar-refractivity contribution in [2.45, 2.75) is 31.8 Å². The van der Waals surface area contributed by atoms with E-state index < -0.39 is 12.8 Å². The summed E-state index contributed by atoms with van der Waals surface area (Å²) < 4.78 is 11.7. The third-order valence-electron chi connectivity index (χ3n) is 3.14. The van der Waals surface area contributed by atoms with E-state index in [1.165, 1.54) is 6.20 Å². The van der Waals surface area contributed by atoms with E-state index in [4.69, 9.17) is 5.26 Å². The third-order valence-corrected chi connectivity index (χ3v) is 5.13. The number of nitriles is 1. The first-order chi connectivity index (χ1) is 7.93. The zero-order valence-corrected chi connectivity index (χ0v) is 10.7. The fraction of sp³-hybridized carbons (Fsp3) is 0.455. The fourth-order valence-electron chi connectivity index (χ4n) is 2.07. The molecule has 0 spiro atoms. The molecule has 0 atom stereocenters. The quantitative estimate of drug-likeness (QED) is 0.803. The molecule has 2 N–H and O–H groups in total. The Morgan fingerprint density at radius 2 is 2.06 bits per heavy atom. The van der Waals surface area contributed by atoms with E-state index >= 15 is 0 Å². The molecule has 6 heteroatoms. The van der Waals surface area contributed by atoms with Crippen LogP contribution in [0, 0.1) is 11.3 Å². The summed E-state index contributed by atoms with van der Waals surface area (Å²) in [5.41, 5.74) is 0.417. The molecule has 5 nitrogen and oxygen atoms in total. The van der Waals surface area contributed by atoms with Gasteiger partial charge in [0.15, 0.2) is 0 Å². The Kier molecular flexibility index (Phi) is 4.05. The van der Waals surface area contributed by atoms with Crippen LogP contribution in [-0.2, 0) is 9.72 Å². The molecule has 1 aromatic rings. The normalized spacial score (nSPS) is 12.2. The van der Waals surface area contributed by atoms with Gasteiger partial charge in [-0.1, -0.05) is 19.9 Å². The van der Waals surface area contributed by atoms with E-state index in [1.54, 1.807) is 26.0 Å². The van der Waals surface area contributed by atoms with Crippen molar-refractivity contribution in [2.24, 2.45) is 0 Å². The molecule has 92 valence electrons. The maximum Gasteiger partial charge on any atom is 0.336 e. The first kappa shape index (κ1) is 13.9. The highest BCUT2D eigenvalue weighted by atomic mass is 31.2. The van der Waals surface area contributed by atoms with Gasteiger partial charge >= 0.3 is 7.60 Å². The van der Waals surface area contributed by atoms with Gasteiger partial charge in [-0.25, -0.2) is 4.98 Å². The van der Waals surface area contributed by atoms with Crippen LogP contribution in [0.2, 0.25) is 0 Å². The van der Waals surface area contributed by atoms with E-state index in [1.807, 2.05) is 6.07 Å². The van der Waals surface area contributed by atoms with E-state index in [-0.39, 0.29) is 18.5 Å². The minimum absolute atomic E-state index is 0.0829. The monoisotopic (exact) mass is 254 g/mol. The molecule has 1 rings (SSSR count). The first-order valence-corrected chi connectivity index (χ1v) is 6.95. The second kappa shape index (κ2) is 4.97. The lowest BCUT2D eigenvalue weighted by molar-refractivity contribution is 0.315. The Bertz CT molecular complexity index is 486. The summed E-state index contributed by atoms with van der Waals surface area (Å²) in [7, 11) is -4.36. The highest BCUT2D eigenvalue weighted by Gasteiger charge is 2.46. The Labute approximate surface area is 100 Å². The summed E-state index contributed by atoms with van der Waals surface area (Å²) in [6.45, 7) is 3.41. The summed E-state index contributed by atoms with van der Waals surface area (Å²) in [5.74, 6) is 0. The molecule has 0 aliphatic heterocycles. The van der Waals surface area contributed by atoms with Gasteiger partial charge in [0, 0.05) is 11.8 Å². The molecule has 1 aromatic heterocycles. The van der Waals surface area contributed by atoms with Crippen molar-refractivity contribution < 1.29 is 14.4 Å². The van der Waals surface area contributed by atoms with Crippen LogP contribution in [0.3, 0.4) is 0 Å². The van der Waals surface area contributed by atoms with Crippen LogP contribution in [-0.4, -0.2) is 14.8 Å². The minimum Gasteiger partial charge on any atom is -0.324 e. The van der Waals surface area contributed by atoms with Crippen molar-refractivity contribution in [3.05, 3.63) is 29.6 Å². The van der Waals surface area contributed by atoms with Crippen molar-refractivity contribution in [2.75, 3.05) is 0 Å². The van der Waals surface area contributed by atoms with Gasteiger partial charge < -0.3 is 9.79 Å². The number of hydrogen-bond acceptors (Lipinski definition) is 3. The van der Waals surface area contributed by atoms with Crippen LogP contribution >= 0.6 is 7.60 Å². The SMILES string of the molecule is CCC(CC)(c1cccnc1C#N)P(=O)(O)O. The van der Waals surface area contributed by atoms with E-state index in [9.17, 15) is 14.4 Å². The predicted molar refractivity (Wildman–Crippen MR) is 63.3 cm³/mol. The predicted octanol–water partition coefficient (Wildman–Crippen LogP) is 2.15. The Morgan fingerprint density at radius 1 is 1.47 bits per heavy atom. The van der Waals surface area contributed by atoms with E-state index in [0.29, 0.717) is 5.56 Å². The second-order valence-corrected chi connectivity index (χ2v) is 5.74. The number of hydrogen-bond donors (Lipinski definition) is 2. The van der Waals surface area contributed by atoms with Crippen molar-refractivity contribution in [3.63, 3.8) is 0 Å². The minimum atomic E-state index is -4.36. The summed E-state index contributed by atoms with van der Waals surface area (Å²) in [4.78, 5) is 23.0.